The normalized spacial score (nSPS) is 13.0. The van der Waals surface area contributed by atoms with Gasteiger partial charge in [0.1, 0.15) is 7.85 Å². The third kappa shape index (κ3) is 1.77. The second-order valence-electron chi connectivity index (χ2n) is 4.38. The van der Waals surface area contributed by atoms with Crippen molar-refractivity contribution in [2.24, 2.45) is 0 Å². The minimum absolute atomic E-state index is 0.612. The van der Waals surface area contributed by atoms with Crippen LogP contribution in [0.2, 0.25) is 0 Å². The lowest BCUT2D eigenvalue weighted by Crippen LogP contribution is -2.04. The van der Waals surface area contributed by atoms with Crippen molar-refractivity contribution in [3.8, 4) is 0 Å². The molecule has 0 aliphatic carbocycles. The summed E-state index contributed by atoms with van der Waals surface area (Å²) in [6.07, 6.45) is 0. The van der Waals surface area contributed by atoms with E-state index in [4.69, 9.17) is 0 Å². The van der Waals surface area contributed by atoms with Crippen molar-refractivity contribution in [3.63, 3.8) is 0 Å². The summed E-state index contributed by atoms with van der Waals surface area (Å²) in [6, 6.07) is 0. The van der Waals surface area contributed by atoms with Gasteiger partial charge in [-0.2, -0.15) is 0 Å². The highest BCUT2D eigenvalue weighted by Gasteiger charge is 2.14. The molecule has 2 heteroatoms. The summed E-state index contributed by atoms with van der Waals surface area (Å²) in [7, 11) is 2.27. The van der Waals surface area contributed by atoms with Crippen molar-refractivity contribution in [2.75, 3.05) is 0 Å². The lowest BCUT2D eigenvalue weighted by molar-refractivity contribution is 1.01. The maximum Gasteiger partial charge on any atom is 0.110 e. The molecule has 0 N–H and O–H groups in total. The molecule has 0 spiro atoms. The average molecular weight is 253 g/mol. The number of halogens is 1. The predicted octanol–water partition coefficient (Wildman–Crippen LogP) is 3.38. The van der Waals surface area contributed by atoms with Crippen LogP contribution in [-0.4, -0.2) is 7.85 Å². The van der Waals surface area contributed by atoms with Gasteiger partial charge in [-0.1, -0.05) is 22.9 Å². The monoisotopic (exact) mass is 252 g/mol. The molecular formula is C12H18BBr. The highest BCUT2D eigenvalue weighted by Crippen LogP contribution is 2.33. The second kappa shape index (κ2) is 4.10. The minimum Gasteiger partial charge on any atom is -0.0657 e. The molecule has 0 fully saturated rings. The molecule has 1 aromatic rings. The van der Waals surface area contributed by atoms with E-state index in [1.165, 1.54) is 32.3 Å². The molecule has 0 nitrogen and oxygen atoms in total. The standard InChI is InChI=1S/C12H18BBr/c1-6-8(3)12(14)9(4)7(2)11(6)10(5)13/h10H,13H2,1-5H3. The summed E-state index contributed by atoms with van der Waals surface area (Å²) in [6.45, 7) is 11.1. The Labute approximate surface area is 96.6 Å². The summed E-state index contributed by atoms with van der Waals surface area (Å²) >= 11 is 3.66. The highest BCUT2D eigenvalue weighted by molar-refractivity contribution is 9.10. The maximum absolute atomic E-state index is 3.66. The molecule has 0 aliphatic rings. The molecule has 0 bridgehead atoms. The van der Waals surface area contributed by atoms with Crippen LogP contribution in [0.25, 0.3) is 0 Å². The Bertz CT molecular complexity index is 338. The molecule has 0 aliphatic heterocycles. The van der Waals surface area contributed by atoms with Gasteiger partial charge in [-0.05, 0) is 61.3 Å². The fourth-order valence-electron chi connectivity index (χ4n) is 2.16. The highest BCUT2D eigenvalue weighted by atomic mass is 79.9. The van der Waals surface area contributed by atoms with Gasteiger partial charge in [0.05, 0.1) is 0 Å². The molecule has 0 heterocycles. The van der Waals surface area contributed by atoms with E-state index in [1.807, 2.05) is 0 Å². The SMILES string of the molecule is BC(C)c1c(C)c(C)c(Br)c(C)c1C. The quantitative estimate of drug-likeness (QED) is 0.673. The second-order valence-corrected chi connectivity index (χ2v) is 5.18. The van der Waals surface area contributed by atoms with Crippen LogP contribution in [0, 0.1) is 27.7 Å². The van der Waals surface area contributed by atoms with Crippen molar-refractivity contribution in [1.82, 2.24) is 0 Å². The van der Waals surface area contributed by atoms with Gasteiger partial charge in [-0.25, -0.2) is 0 Å². The van der Waals surface area contributed by atoms with Crippen LogP contribution in [0.3, 0.4) is 0 Å². The third-order valence-corrected chi connectivity index (χ3v) is 4.36. The van der Waals surface area contributed by atoms with Crippen LogP contribution in [-0.2, 0) is 0 Å². The van der Waals surface area contributed by atoms with Gasteiger partial charge >= 0.3 is 0 Å². The molecule has 1 rings (SSSR count). The van der Waals surface area contributed by atoms with E-state index in [1.54, 1.807) is 0 Å². The first-order chi connectivity index (χ1) is 6.37. The van der Waals surface area contributed by atoms with Gasteiger partial charge in [-0.15, -0.1) is 0 Å². The summed E-state index contributed by atoms with van der Waals surface area (Å²) in [5.74, 6) is 0.612. The minimum atomic E-state index is 0.612. The largest absolute Gasteiger partial charge is 0.110 e. The van der Waals surface area contributed by atoms with E-state index in [0.717, 1.165) is 0 Å². The molecular weight excluding hydrogens is 235 g/mol. The molecule has 14 heavy (non-hydrogen) atoms. The van der Waals surface area contributed by atoms with Crippen molar-refractivity contribution in [2.45, 2.75) is 40.4 Å². The summed E-state index contributed by atoms with van der Waals surface area (Å²) in [5.41, 5.74) is 7.17. The van der Waals surface area contributed by atoms with Crippen LogP contribution in [0.4, 0.5) is 0 Å². The Morgan fingerprint density at radius 3 is 1.57 bits per heavy atom. The summed E-state index contributed by atoms with van der Waals surface area (Å²) in [5, 5.41) is 0. The number of hydrogen-bond donors (Lipinski definition) is 0. The lowest BCUT2D eigenvalue weighted by atomic mass is 9.77. The molecule has 1 aromatic carbocycles. The summed E-state index contributed by atoms with van der Waals surface area (Å²) < 4.78 is 1.27. The molecule has 0 radical (unpaired) electrons. The van der Waals surface area contributed by atoms with Gasteiger partial charge in [0, 0.05) is 4.47 Å². The van der Waals surface area contributed by atoms with Crippen LogP contribution in [0.5, 0.6) is 0 Å². The molecule has 1 atom stereocenters. The zero-order valence-corrected chi connectivity index (χ0v) is 11.5. The zero-order chi connectivity index (χ0) is 11.0. The van der Waals surface area contributed by atoms with Gasteiger partial charge in [0.25, 0.3) is 0 Å². The first kappa shape index (κ1) is 11.8. The third-order valence-electron chi connectivity index (χ3n) is 3.17. The molecule has 76 valence electrons. The lowest BCUT2D eigenvalue weighted by Gasteiger charge is -2.20. The molecule has 0 saturated carbocycles. The predicted molar refractivity (Wildman–Crippen MR) is 70.0 cm³/mol. The smallest absolute Gasteiger partial charge is 0.0657 e. The Morgan fingerprint density at radius 2 is 1.29 bits per heavy atom. The Kier molecular flexibility index (Phi) is 3.46. The van der Waals surface area contributed by atoms with Gasteiger partial charge < -0.3 is 0 Å². The average Bonchev–Trinajstić information content (AvgIpc) is 2.11. The van der Waals surface area contributed by atoms with E-state index in [9.17, 15) is 0 Å². The van der Waals surface area contributed by atoms with Gasteiger partial charge in [-0.3, -0.25) is 0 Å². The van der Waals surface area contributed by atoms with E-state index < -0.39 is 0 Å². The maximum atomic E-state index is 3.66. The van der Waals surface area contributed by atoms with Crippen LogP contribution >= 0.6 is 15.9 Å². The van der Waals surface area contributed by atoms with Crippen molar-refractivity contribution >= 4 is 23.8 Å². The van der Waals surface area contributed by atoms with E-state index in [-0.39, 0.29) is 0 Å². The van der Waals surface area contributed by atoms with Crippen LogP contribution in [0.1, 0.15) is 40.6 Å². The Hall–Kier alpha value is -0.235. The first-order valence-electron chi connectivity index (χ1n) is 5.13. The summed E-state index contributed by atoms with van der Waals surface area (Å²) in [4.78, 5) is 0. The van der Waals surface area contributed by atoms with E-state index in [2.05, 4.69) is 58.4 Å². The van der Waals surface area contributed by atoms with E-state index >= 15 is 0 Å². The first-order valence-corrected chi connectivity index (χ1v) is 5.93. The fourth-order valence-corrected chi connectivity index (χ4v) is 2.76. The number of hydrogen-bond acceptors (Lipinski definition) is 0. The van der Waals surface area contributed by atoms with Crippen molar-refractivity contribution in [1.29, 1.82) is 0 Å². The number of rotatable bonds is 1. The van der Waals surface area contributed by atoms with Crippen LogP contribution < -0.4 is 0 Å². The molecule has 0 aromatic heterocycles. The van der Waals surface area contributed by atoms with Crippen LogP contribution in [0.15, 0.2) is 4.47 Å². The fraction of sp³-hybridized carbons (Fsp3) is 0.500. The van der Waals surface area contributed by atoms with Gasteiger partial charge in [0.2, 0.25) is 0 Å². The molecule has 0 saturated heterocycles. The molecule has 0 amide bonds. The van der Waals surface area contributed by atoms with E-state index in [0.29, 0.717) is 5.82 Å². The number of benzene rings is 1. The van der Waals surface area contributed by atoms with Crippen molar-refractivity contribution < 1.29 is 0 Å². The Morgan fingerprint density at radius 1 is 0.929 bits per heavy atom. The zero-order valence-electron chi connectivity index (χ0n) is 9.96. The topological polar surface area (TPSA) is 0 Å². The van der Waals surface area contributed by atoms with Crippen molar-refractivity contribution in [3.05, 3.63) is 32.3 Å². The van der Waals surface area contributed by atoms with Gasteiger partial charge in [0.15, 0.2) is 0 Å². The Balaban J connectivity index is 3.60. The molecule has 1 unspecified atom stereocenters.